The summed E-state index contributed by atoms with van der Waals surface area (Å²) in [5, 5.41) is 7.16. The molecule has 1 unspecified atom stereocenters. The molecule has 2 aromatic heterocycles. The van der Waals surface area contributed by atoms with Gasteiger partial charge in [0, 0.05) is 34.6 Å². The van der Waals surface area contributed by atoms with E-state index in [4.69, 9.17) is 0 Å². The number of aromatic nitrogens is 3. The second-order valence-corrected chi connectivity index (χ2v) is 6.51. The molecular weight excluding hydrogens is 348 g/mol. The molecule has 1 amide bonds. The summed E-state index contributed by atoms with van der Waals surface area (Å²) < 4.78 is 1.20. The molecule has 26 heavy (non-hydrogen) atoms. The molecule has 1 aromatic carbocycles. The average molecular weight is 366 g/mol. The van der Waals surface area contributed by atoms with Crippen LogP contribution in [0, 0.1) is 0 Å². The Morgan fingerprint density at radius 3 is 2.42 bits per heavy atom. The van der Waals surface area contributed by atoms with Crippen molar-refractivity contribution in [3.05, 3.63) is 71.3 Å². The van der Waals surface area contributed by atoms with E-state index in [0.717, 1.165) is 10.5 Å². The van der Waals surface area contributed by atoms with Crippen molar-refractivity contribution in [1.29, 1.82) is 0 Å². The van der Waals surface area contributed by atoms with Crippen LogP contribution in [0.4, 0.5) is 5.69 Å². The van der Waals surface area contributed by atoms with Gasteiger partial charge in [-0.15, -0.1) is 11.8 Å². The highest BCUT2D eigenvalue weighted by atomic mass is 32.2. The number of hydrogen-bond donors (Lipinski definition) is 1. The Balaban J connectivity index is 1.83. The van der Waals surface area contributed by atoms with Crippen LogP contribution >= 0.6 is 11.8 Å². The zero-order valence-electron chi connectivity index (χ0n) is 14.4. The van der Waals surface area contributed by atoms with Crippen LogP contribution in [0.25, 0.3) is 11.3 Å². The molecule has 7 heteroatoms. The fourth-order valence-electron chi connectivity index (χ4n) is 2.41. The Kier molecular flexibility index (Phi) is 5.48. The van der Waals surface area contributed by atoms with Crippen LogP contribution in [0.2, 0.25) is 0 Å². The van der Waals surface area contributed by atoms with Gasteiger partial charge in [-0.1, -0.05) is 0 Å². The minimum Gasteiger partial charge on any atom is -0.324 e. The van der Waals surface area contributed by atoms with E-state index in [1.165, 1.54) is 10.7 Å². The average Bonchev–Trinajstić information content (AvgIpc) is 2.69. The summed E-state index contributed by atoms with van der Waals surface area (Å²) in [6, 6.07) is 13.4. The van der Waals surface area contributed by atoms with Crippen LogP contribution in [0.1, 0.15) is 13.0 Å². The molecule has 0 radical (unpaired) electrons. The molecule has 0 bridgehead atoms. The molecule has 3 rings (SSSR count). The summed E-state index contributed by atoms with van der Waals surface area (Å²) in [7, 11) is 0. The smallest absolute Gasteiger partial charge is 0.267 e. The third kappa shape index (κ3) is 4.00. The van der Waals surface area contributed by atoms with E-state index < -0.39 is 6.04 Å². The Labute approximate surface area is 155 Å². The van der Waals surface area contributed by atoms with Gasteiger partial charge in [-0.25, -0.2) is 4.68 Å². The first kappa shape index (κ1) is 17.9. The van der Waals surface area contributed by atoms with E-state index in [9.17, 15) is 9.59 Å². The lowest BCUT2D eigenvalue weighted by Crippen LogP contribution is -2.33. The SMILES string of the molecule is CSc1ccc(NC(=O)C(C)n2nc(-c3ccncc3)ccc2=O)cc1. The van der Waals surface area contributed by atoms with Crippen molar-refractivity contribution >= 4 is 23.4 Å². The molecule has 0 aliphatic carbocycles. The number of pyridine rings is 1. The van der Waals surface area contributed by atoms with Crippen LogP contribution in [0.15, 0.2) is 70.6 Å². The lowest BCUT2D eigenvalue weighted by Gasteiger charge is -2.15. The summed E-state index contributed by atoms with van der Waals surface area (Å²) >= 11 is 1.63. The van der Waals surface area contributed by atoms with Gasteiger partial charge in [-0.2, -0.15) is 5.10 Å². The number of nitrogens with zero attached hydrogens (tertiary/aromatic N) is 3. The molecule has 0 fully saturated rings. The number of benzene rings is 1. The highest BCUT2D eigenvalue weighted by molar-refractivity contribution is 7.98. The molecule has 0 aliphatic rings. The Morgan fingerprint density at radius 2 is 1.77 bits per heavy atom. The van der Waals surface area contributed by atoms with E-state index >= 15 is 0 Å². The zero-order valence-corrected chi connectivity index (χ0v) is 15.2. The summed E-state index contributed by atoms with van der Waals surface area (Å²) in [6.07, 6.45) is 5.30. The molecule has 3 aromatic rings. The van der Waals surface area contributed by atoms with Crippen molar-refractivity contribution in [1.82, 2.24) is 14.8 Å². The van der Waals surface area contributed by atoms with Crippen molar-refractivity contribution in [2.24, 2.45) is 0 Å². The van der Waals surface area contributed by atoms with E-state index in [1.54, 1.807) is 49.3 Å². The van der Waals surface area contributed by atoms with Gasteiger partial charge in [-0.05, 0) is 55.6 Å². The zero-order chi connectivity index (χ0) is 18.5. The predicted octanol–water partition coefficient (Wildman–Crippen LogP) is 3.23. The van der Waals surface area contributed by atoms with Crippen molar-refractivity contribution in [2.75, 3.05) is 11.6 Å². The fraction of sp³-hybridized carbons (Fsp3) is 0.158. The highest BCUT2D eigenvalue weighted by Crippen LogP contribution is 2.19. The minimum atomic E-state index is -0.746. The van der Waals surface area contributed by atoms with Crippen LogP contribution in [0.5, 0.6) is 0 Å². The highest BCUT2D eigenvalue weighted by Gasteiger charge is 2.18. The molecule has 132 valence electrons. The van der Waals surface area contributed by atoms with E-state index in [1.807, 2.05) is 30.5 Å². The van der Waals surface area contributed by atoms with Gasteiger partial charge in [0.1, 0.15) is 6.04 Å². The van der Waals surface area contributed by atoms with Gasteiger partial charge in [0.05, 0.1) is 5.69 Å². The van der Waals surface area contributed by atoms with Crippen LogP contribution < -0.4 is 10.9 Å². The molecule has 6 nitrogen and oxygen atoms in total. The summed E-state index contributed by atoms with van der Waals surface area (Å²) in [5.41, 5.74) is 1.78. The molecule has 0 saturated heterocycles. The third-order valence-corrected chi connectivity index (χ3v) is 4.65. The molecule has 0 spiro atoms. The summed E-state index contributed by atoms with van der Waals surface area (Å²) in [4.78, 5) is 29.8. The first-order valence-electron chi connectivity index (χ1n) is 8.03. The number of nitrogens with one attached hydrogen (secondary N) is 1. The maximum atomic E-state index is 12.5. The Bertz CT molecular complexity index is 955. The van der Waals surface area contributed by atoms with Gasteiger partial charge >= 0.3 is 0 Å². The number of rotatable bonds is 5. The quantitative estimate of drug-likeness (QED) is 0.702. The maximum absolute atomic E-state index is 12.5. The predicted molar refractivity (Wildman–Crippen MR) is 103 cm³/mol. The van der Waals surface area contributed by atoms with Crippen molar-refractivity contribution in [2.45, 2.75) is 17.9 Å². The Morgan fingerprint density at radius 1 is 1.08 bits per heavy atom. The number of carbonyl (C=O) groups is 1. The number of anilines is 1. The number of carbonyl (C=O) groups excluding carboxylic acids is 1. The van der Waals surface area contributed by atoms with Gasteiger partial charge in [0.25, 0.3) is 5.56 Å². The number of thioether (sulfide) groups is 1. The number of hydrogen-bond acceptors (Lipinski definition) is 5. The first-order valence-corrected chi connectivity index (χ1v) is 9.26. The minimum absolute atomic E-state index is 0.302. The first-order chi connectivity index (χ1) is 12.6. The van der Waals surface area contributed by atoms with Crippen LogP contribution in [-0.4, -0.2) is 26.9 Å². The van der Waals surface area contributed by atoms with Gasteiger partial charge in [0.2, 0.25) is 5.91 Å². The maximum Gasteiger partial charge on any atom is 0.267 e. The van der Waals surface area contributed by atoms with Gasteiger partial charge in [0.15, 0.2) is 0 Å². The van der Waals surface area contributed by atoms with Crippen molar-refractivity contribution < 1.29 is 4.79 Å². The van der Waals surface area contributed by atoms with Crippen LogP contribution in [-0.2, 0) is 4.79 Å². The monoisotopic (exact) mass is 366 g/mol. The topological polar surface area (TPSA) is 76.9 Å². The van der Waals surface area contributed by atoms with E-state index in [-0.39, 0.29) is 11.5 Å². The summed E-state index contributed by atoms with van der Waals surface area (Å²) in [6.45, 7) is 1.65. The van der Waals surface area contributed by atoms with E-state index in [2.05, 4.69) is 15.4 Å². The normalized spacial score (nSPS) is 11.8. The molecule has 1 atom stereocenters. The molecular formula is C19H18N4O2S. The van der Waals surface area contributed by atoms with Crippen LogP contribution in [0.3, 0.4) is 0 Å². The molecule has 2 heterocycles. The Hall–Kier alpha value is -2.93. The lowest BCUT2D eigenvalue weighted by molar-refractivity contribution is -0.119. The molecule has 0 aliphatic heterocycles. The second-order valence-electron chi connectivity index (χ2n) is 5.63. The third-order valence-electron chi connectivity index (χ3n) is 3.90. The van der Waals surface area contributed by atoms with Crippen molar-refractivity contribution in [3.63, 3.8) is 0 Å². The second kappa shape index (κ2) is 7.97. The number of amides is 1. The largest absolute Gasteiger partial charge is 0.324 e. The van der Waals surface area contributed by atoms with E-state index in [0.29, 0.717) is 11.4 Å². The molecule has 1 N–H and O–H groups in total. The fourth-order valence-corrected chi connectivity index (χ4v) is 2.82. The summed E-state index contributed by atoms with van der Waals surface area (Å²) in [5.74, 6) is -0.302. The molecule has 0 saturated carbocycles. The van der Waals surface area contributed by atoms with Gasteiger partial charge in [-0.3, -0.25) is 14.6 Å². The van der Waals surface area contributed by atoms with Crippen molar-refractivity contribution in [3.8, 4) is 11.3 Å². The standard InChI is InChI=1S/C19H18N4O2S/c1-13(19(25)21-15-3-5-16(26-2)6-4-15)23-18(24)8-7-17(22-23)14-9-11-20-12-10-14/h3-13H,1-2H3,(H,21,25). The van der Waals surface area contributed by atoms with Gasteiger partial charge < -0.3 is 5.32 Å². The lowest BCUT2D eigenvalue weighted by atomic mass is 10.2.